The fourth-order valence-electron chi connectivity index (χ4n) is 3.03. The molecule has 2 unspecified atom stereocenters. The lowest BCUT2D eigenvalue weighted by molar-refractivity contribution is -0.0628. The van der Waals surface area contributed by atoms with E-state index in [0.29, 0.717) is 11.7 Å². The van der Waals surface area contributed by atoms with Crippen molar-refractivity contribution in [2.24, 2.45) is 0 Å². The van der Waals surface area contributed by atoms with Gasteiger partial charge in [0.15, 0.2) is 0 Å². The zero-order valence-corrected chi connectivity index (χ0v) is 12.1. The summed E-state index contributed by atoms with van der Waals surface area (Å²) in [7, 11) is 0. The number of anilines is 1. The highest BCUT2D eigenvalue weighted by Gasteiger charge is 2.40. The Morgan fingerprint density at radius 2 is 2.37 bits per heavy atom. The fraction of sp³-hybridized carbons (Fsp3) is 0.600. The zero-order chi connectivity index (χ0) is 13.3. The lowest BCUT2D eigenvalue weighted by Crippen LogP contribution is -2.44. The summed E-state index contributed by atoms with van der Waals surface area (Å²) in [4.78, 5) is 0. The van der Waals surface area contributed by atoms with E-state index in [1.54, 1.807) is 6.07 Å². The van der Waals surface area contributed by atoms with Crippen LogP contribution in [0.25, 0.3) is 0 Å². The molecule has 1 aromatic carbocycles. The van der Waals surface area contributed by atoms with Gasteiger partial charge in [-0.1, -0.05) is 12.1 Å². The van der Waals surface area contributed by atoms with Gasteiger partial charge in [0, 0.05) is 18.4 Å². The summed E-state index contributed by atoms with van der Waals surface area (Å²) in [6.07, 6.45) is 3.08. The average molecular weight is 281 g/mol. The molecule has 0 aliphatic carbocycles. The number of hydrogen-bond acceptors (Lipinski definition) is 3. The van der Waals surface area contributed by atoms with E-state index in [4.69, 9.17) is 4.74 Å². The molecule has 0 amide bonds. The summed E-state index contributed by atoms with van der Waals surface area (Å²) in [5.74, 6) is 2.12. The standard InChI is InChI=1S/C15H20FNOS/c1-11-3-2-4-13(16)14(11)17-12-5-7-18-15(9-12)6-8-19-10-15/h2-4,12,17H,5-10H2,1H3. The highest BCUT2D eigenvalue weighted by molar-refractivity contribution is 7.99. The number of nitrogens with one attached hydrogen (secondary N) is 1. The Morgan fingerprint density at radius 1 is 1.47 bits per heavy atom. The lowest BCUT2D eigenvalue weighted by atomic mass is 9.89. The fourth-order valence-corrected chi connectivity index (χ4v) is 4.41. The lowest BCUT2D eigenvalue weighted by Gasteiger charge is -2.38. The third-order valence-corrected chi connectivity index (χ3v) is 5.35. The molecule has 2 atom stereocenters. The van der Waals surface area contributed by atoms with Crippen molar-refractivity contribution in [2.45, 2.75) is 37.8 Å². The van der Waals surface area contributed by atoms with E-state index < -0.39 is 0 Å². The highest BCUT2D eigenvalue weighted by atomic mass is 32.2. The number of thioether (sulfide) groups is 1. The van der Waals surface area contributed by atoms with Crippen LogP contribution in [0.15, 0.2) is 18.2 Å². The molecule has 0 radical (unpaired) electrons. The number of rotatable bonds is 2. The van der Waals surface area contributed by atoms with Crippen LogP contribution in [0.4, 0.5) is 10.1 Å². The van der Waals surface area contributed by atoms with Gasteiger partial charge in [-0.25, -0.2) is 4.39 Å². The molecule has 2 aliphatic heterocycles. The van der Waals surface area contributed by atoms with E-state index in [9.17, 15) is 4.39 Å². The van der Waals surface area contributed by atoms with Gasteiger partial charge in [-0.05, 0) is 43.6 Å². The maximum absolute atomic E-state index is 13.9. The third-order valence-electron chi connectivity index (χ3n) is 4.13. The molecule has 2 aliphatic rings. The van der Waals surface area contributed by atoms with Crippen molar-refractivity contribution in [2.75, 3.05) is 23.4 Å². The van der Waals surface area contributed by atoms with Crippen molar-refractivity contribution in [3.8, 4) is 0 Å². The molecular weight excluding hydrogens is 261 g/mol. The highest BCUT2D eigenvalue weighted by Crippen LogP contribution is 2.39. The zero-order valence-electron chi connectivity index (χ0n) is 11.2. The largest absolute Gasteiger partial charge is 0.380 e. The maximum atomic E-state index is 13.9. The number of benzene rings is 1. The van der Waals surface area contributed by atoms with Crippen molar-refractivity contribution in [3.63, 3.8) is 0 Å². The van der Waals surface area contributed by atoms with Crippen LogP contribution in [0, 0.1) is 12.7 Å². The van der Waals surface area contributed by atoms with E-state index >= 15 is 0 Å². The molecule has 3 rings (SSSR count). The monoisotopic (exact) mass is 281 g/mol. The summed E-state index contributed by atoms with van der Waals surface area (Å²) in [5.41, 5.74) is 1.68. The minimum Gasteiger partial charge on any atom is -0.380 e. The van der Waals surface area contributed by atoms with Gasteiger partial charge >= 0.3 is 0 Å². The molecule has 1 aromatic rings. The second-order valence-electron chi connectivity index (χ2n) is 5.60. The Kier molecular flexibility index (Phi) is 3.72. The van der Waals surface area contributed by atoms with Gasteiger partial charge in [-0.3, -0.25) is 0 Å². The molecule has 0 saturated carbocycles. The molecule has 2 saturated heterocycles. The number of para-hydroxylation sites is 1. The van der Waals surface area contributed by atoms with Crippen molar-refractivity contribution >= 4 is 17.4 Å². The van der Waals surface area contributed by atoms with Gasteiger partial charge in [0.1, 0.15) is 5.82 Å². The number of hydrogen-bond donors (Lipinski definition) is 1. The topological polar surface area (TPSA) is 21.3 Å². The van der Waals surface area contributed by atoms with Crippen molar-refractivity contribution < 1.29 is 9.13 Å². The summed E-state index contributed by atoms with van der Waals surface area (Å²) >= 11 is 1.97. The van der Waals surface area contributed by atoms with Crippen molar-refractivity contribution in [1.82, 2.24) is 0 Å². The molecule has 4 heteroatoms. The Balaban J connectivity index is 1.73. The molecule has 19 heavy (non-hydrogen) atoms. The van der Waals surface area contributed by atoms with Gasteiger partial charge in [0.2, 0.25) is 0 Å². The first kappa shape index (κ1) is 13.3. The SMILES string of the molecule is Cc1cccc(F)c1NC1CCOC2(CCSC2)C1. The predicted molar refractivity (Wildman–Crippen MR) is 78.4 cm³/mol. The van der Waals surface area contributed by atoms with E-state index in [2.05, 4.69) is 5.32 Å². The average Bonchev–Trinajstić information content (AvgIpc) is 2.82. The molecule has 0 bridgehead atoms. The van der Waals surface area contributed by atoms with Crippen LogP contribution in [-0.2, 0) is 4.74 Å². The van der Waals surface area contributed by atoms with Gasteiger partial charge in [0.25, 0.3) is 0 Å². The first-order valence-corrected chi connectivity index (χ1v) is 8.07. The Bertz CT molecular complexity index is 439. The summed E-state index contributed by atoms with van der Waals surface area (Å²) in [6.45, 7) is 2.73. The molecule has 2 nitrogen and oxygen atoms in total. The first-order valence-electron chi connectivity index (χ1n) is 6.92. The number of ether oxygens (including phenoxy) is 1. The van der Waals surface area contributed by atoms with Crippen LogP contribution in [0.1, 0.15) is 24.8 Å². The van der Waals surface area contributed by atoms with E-state index in [-0.39, 0.29) is 11.4 Å². The summed E-state index contributed by atoms with van der Waals surface area (Å²) in [6, 6.07) is 5.56. The van der Waals surface area contributed by atoms with Crippen LogP contribution in [0.2, 0.25) is 0 Å². The van der Waals surface area contributed by atoms with Gasteiger partial charge in [0.05, 0.1) is 11.3 Å². The van der Waals surface area contributed by atoms with Gasteiger partial charge in [-0.2, -0.15) is 11.8 Å². The van der Waals surface area contributed by atoms with Gasteiger partial charge in [-0.15, -0.1) is 0 Å². The smallest absolute Gasteiger partial charge is 0.146 e. The van der Waals surface area contributed by atoms with E-state index in [0.717, 1.165) is 37.2 Å². The van der Waals surface area contributed by atoms with Crippen LogP contribution < -0.4 is 5.32 Å². The minimum atomic E-state index is -0.152. The van der Waals surface area contributed by atoms with Crippen LogP contribution >= 0.6 is 11.8 Å². The minimum absolute atomic E-state index is 0.0414. The second-order valence-corrected chi connectivity index (χ2v) is 6.71. The van der Waals surface area contributed by atoms with E-state index in [1.807, 2.05) is 24.8 Å². The predicted octanol–water partition coefficient (Wildman–Crippen LogP) is 3.60. The normalized spacial score (nSPS) is 30.7. The number of aryl methyl sites for hydroxylation is 1. The van der Waals surface area contributed by atoms with Crippen molar-refractivity contribution in [3.05, 3.63) is 29.6 Å². The van der Waals surface area contributed by atoms with Crippen LogP contribution in [-0.4, -0.2) is 29.8 Å². The van der Waals surface area contributed by atoms with Crippen LogP contribution in [0.3, 0.4) is 0 Å². The molecule has 104 valence electrons. The van der Waals surface area contributed by atoms with Gasteiger partial charge < -0.3 is 10.1 Å². The molecule has 1 spiro atoms. The molecule has 0 aromatic heterocycles. The number of halogens is 1. The third kappa shape index (κ3) is 2.75. The Labute approximate surface area is 118 Å². The van der Waals surface area contributed by atoms with Crippen molar-refractivity contribution in [1.29, 1.82) is 0 Å². The molecule has 2 heterocycles. The van der Waals surface area contributed by atoms with Crippen LogP contribution in [0.5, 0.6) is 0 Å². The summed E-state index contributed by atoms with van der Waals surface area (Å²) < 4.78 is 19.9. The maximum Gasteiger partial charge on any atom is 0.146 e. The quantitative estimate of drug-likeness (QED) is 0.895. The Hall–Kier alpha value is -0.740. The molecule has 2 fully saturated rings. The first-order chi connectivity index (χ1) is 9.19. The molecular formula is C15H20FNOS. The van der Waals surface area contributed by atoms with E-state index in [1.165, 1.54) is 11.8 Å². The second kappa shape index (κ2) is 5.33. The summed E-state index contributed by atoms with van der Waals surface area (Å²) in [5, 5.41) is 3.40. The Morgan fingerprint density at radius 3 is 3.11 bits per heavy atom. The molecule has 1 N–H and O–H groups in total.